The van der Waals surface area contributed by atoms with Gasteiger partial charge in [-0.1, -0.05) is 175 Å². The SMILES string of the molecule is CC(C)(C)c1cc2c3c(c1)C(C)(C)C(C)(C)c1c-3c(c3c4cc5c(cc4n4c6cc(C#N)c7c(c6c1c34)-c1ccccc1C7(C)C)C(=O)C1c3ccccc3C13c1ccccc1C53)C(C)(C)C2(C)C. The molecule has 15 rings (SSSR count). The minimum absolute atomic E-state index is 0.0376. The van der Waals surface area contributed by atoms with E-state index in [-0.39, 0.29) is 55.5 Å². The van der Waals surface area contributed by atoms with Gasteiger partial charge < -0.3 is 4.40 Å². The molecule has 6 aliphatic rings. The average molecular weight is 895 g/mol. The molecule has 6 aliphatic carbocycles. The number of aromatic nitrogens is 1. The molecule has 0 saturated heterocycles. The molecule has 3 nitrogen and oxygen atoms in total. The molecule has 3 atom stereocenters. The number of hydrogen-bond donors (Lipinski definition) is 0. The standard InChI is InChI=1S/C66H58N2O/c1-60(2,3)33-27-43-49-44(28-33)63(8,9)65(12,13)57-51(49)56(64(10,11)62(43,6)7)48-39-29-37-38(59(69)55-36-22-16-19-25-42(36)66(55)41-24-18-15-21-35(41)54(37)66)30-45(39)68-46-26-32(31-67)53-47(50(46)52(57)58(48)68)34-20-14-17-23-40(34)61(53,4)5/h14-30,54-55H,1-13H3. The molecule has 2 heterocycles. The molecule has 0 fully saturated rings. The van der Waals surface area contributed by atoms with E-state index in [1.165, 1.54) is 105 Å². The van der Waals surface area contributed by atoms with E-state index >= 15 is 4.79 Å². The van der Waals surface area contributed by atoms with Crippen LogP contribution in [0.25, 0.3) is 60.3 Å². The number of ketones is 1. The van der Waals surface area contributed by atoms with Crippen LogP contribution in [0.5, 0.6) is 0 Å². The molecule has 0 N–H and O–H groups in total. The van der Waals surface area contributed by atoms with Gasteiger partial charge in [-0.05, 0) is 123 Å². The summed E-state index contributed by atoms with van der Waals surface area (Å²) in [4.78, 5) is 15.7. The van der Waals surface area contributed by atoms with Gasteiger partial charge in [0.1, 0.15) is 0 Å². The second-order valence-electron chi connectivity index (χ2n) is 25.8. The molecule has 69 heavy (non-hydrogen) atoms. The molecule has 338 valence electrons. The molecule has 3 heteroatoms. The second-order valence-corrected chi connectivity index (χ2v) is 25.8. The predicted octanol–water partition coefficient (Wildman–Crippen LogP) is 15.8. The van der Waals surface area contributed by atoms with Gasteiger partial charge in [0.15, 0.2) is 5.78 Å². The van der Waals surface area contributed by atoms with Crippen LogP contribution >= 0.6 is 0 Å². The molecular formula is C66H58N2O. The summed E-state index contributed by atoms with van der Waals surface area (Å²) in [6, 6.07) is 41.6. The van der Waals surface area contributed by atoms with Gasteiger partial charge >= 0.3 is 0 Å². The van der Waals surface area contributed by atoms with Gasteiger partial charge in [0.2, 0.25) is 0 Å². The Labute approximate surface area is 405 Å². The fraction of sp³-hybridized carbons (Fsp3) is 0.333. The number of nitriles is 1. The van der Waals surface area contributed by atoms with Crippen LogP contribution in [-0.2, 0) is 37.9 Å². The first-order valence-electron chi connectivity index (χ1n) is 25.4. The number of rotatable bonds is 0. The summed E-state index contributed by atoms with van der Waals surface area (Å²) >= 11 is 0. The van der Waals surface area contributed by atoms with E-state index in [1.54, 1.807) is 0 Å². The van der Waals surface area contributed by atoms with Gasteiger partial charge in [0.05, 0.1) is 34.1 Å². The number of carbonyl (C=O) groups excluding carboxylic acids is 1. The smallest absolute Gasteiger partial charge is 0.171 e. The quantitative estimate of drug-likeness (QED) is 0.152. The Morgan fingerprint density at radius 1 is 0.522 bits per heavy atom. The Bertz CT molecular complexity index is 4050. The molecule has 2 aromatic heterocycles. The van der Waals surface area contributed by atoms with Crippen molar-refractivity contribution in [2.45, 2.75) is 140 Å². The van der Waals surface area contributed by atoms with Crippen LogP contribution in [0.1, 0.15) is 185 Å². The highest BCUT2D eigenvalue weighted by Gasteiger charge is 2.69. The molecule has 0 aliphatic heterocycles. The molecule has 0 bridgehead atoms. The first kappa shape index (κ1) is 40.4. The minimum Gasteiger partial charge on any atom is -0.308 e. The molecular weight excluding hydrogens is 837 g/mol. The number of hydrogen-bond acceptors (Lipinski definition) is 2. The number of carbonyl (C=O) groups is 1. The first-order chi connectivity index (χ1) is 32.6. The van der Waals surface area contributed by atoms with Crippen molar-refractivity contribution >= 4 is 43.9 Å². The Balaban J connectivity index is 1.22. The summed E-state index contributed by atoms with van der Waals surface area (Å²) in [5.74, 6) is 0.0846. The monoisotopic (exact) mass is 894 g/mol. The van der Waals surface area contributed by atoms with Gasteiger partial charge in [-0.2, -0.15) is 5.26 Å². The van der Waals surface area contributed by atoms with Crippen LogP contribution in [-0.4, -0.2) is 10.2 Å². The van der Waals surface area contributed by atoms with Crippen molar-refractivity contribution in [1.29, 1.82) is 5.26 Å². The van der Waals surface area contributed by atoms with Gasteiger partial charge in [0.25, 0.3) is 0 Å². The third kappa shape index (κ3) is 3.89. The van der Waals surface area contributed by atoms with Crippen LogP contribution in [0.3, 0.4) is 0 Å². The zero-order valence-electron chi connectivity index (χ0n) is 42.3. The Kier molecular flexibility index (Phi) is 6.68. The Hall–Kier alpha value is -6.50. The van der Waals surface area contributed by atoms with Gasteiger partial charge in [0, 0.05) is 54.7 Å². The van der Waals surface area contributed by atoms with Crippen LogP contribution in [0.2, 0.25) is 0 Å². The van der Waals surface area contributed by atoms with E-state index < -0.39 is 0 Å². The van der Waals surface area contributed by atoms with Crippen LogP contribution < -0.4 is 0 Å². The van der Waals surface area contributed by atoms with E-state index in [0.717, 1.165) is 33.3 Å². The summed E-state index contributed by atoms with van der Waals surface area (Å²) in [6.45, 7) is 31.8. The highest BCUT2D eigenvalue weighted by Crippen LogP contribution is 2.75. The lowest BCUT2D eigenvalue weighted by atomic mass is 9.36. The van der Waals surface area contributed by atoms with Gasteiger partial charge in [-0.25, -0.2) is 0 Å². The fourth-order valence-corrected chi connectivity index (χ4v) is 16.3. The van der Waals surface area contributed by atoms with E-state index in [2.05, 4.69) is 204 Å². The maximum Gasteiger partial charge on any atom is 0.171 e. The van der Waals surface area contributed by atoms with Crippen molar-refractivity contribution in [1.82, 2.24) is 4.40 Å². The molecule has 0 radical (unpaired) electrons. The summed E-state index contributed by atoms with van der Waals surface area (Å²) in [7, 11) is 0. The van der Waals surface area contributed by atoms with E-state index in [9.17, 15) is 5.26 Å². The minimum atomic E-state index is -0.379. The van der Waals surface area contributed by atoms with Crippen molar-refractivity contribution < 1.29 is 4.79 Å². The van der Waals surface area contributed by atoms with Crippen LogP contribution in [0.4, 0.5) is 0 Å². The van der Waals surface area contributed by atoms with Crippen molar-refractivity contribution in [2.75, 3.05) is 0 Å². The average Bonchev–Trinajstić information content (AvgIpc) is 3.88. The van der Waals surface area contributed by atoms with Crippen molar-refractivity contribution in [3.05, 3.63) is 181 Å². The lowest BCUT2D eigenvalue weighted by Crippen LogP contribution is -2.61. The fourth-order valence-electron chi connectivity index (χ4n) is 16.3. The molecule has 7 aromatic carbocycles. The van der Waals surface area contributed by atoms with Crippen LogP contribution in [0, 0.1) is 11.3 Å². The predicted molar refractivity (Wildman–Crippen MR) is 282 cm³/mol. The normalized spacial score (nSPS) is 23.5. The van der Waals surface area contributed by atoms with E-state index in [1.807, 2.05) is 0 Å². The molecule has 1 spiro atoms. The third-order valence-corrected chi connectivity index (χ3v) is 20.9. The lowest BCUT2D eigenvalue weighted by molar-refractivity contribution is 0.0847. The zero-order chi connectivity index (χ0) is 48.0. The second kappa shape index (κ2) is 11.4. The molecule has 0 saturated carbocycles. The van der Waals surface area contributed by atoms with Crippen molar-refractivity contribution in [2.24, 2.45) is 0 Å². The Morgan fingerprint density at radius 3 is 1.70 bits per heavy atom. The Morgan fingerprint density at radius 2 is 1.09 bits per heavy atom. The highest BCUT2D eigenvalue weighted by molar-refractivity contribution is 6.32. The largest absolute Gasteiger partial charge is 0.308 e. The lowest BCUT2D eigenvalue weighted by Gasteiger charge is -2.64. The topological polar surface area (TPSA) is 45.3 Å². The van der Waals surface area contributed by atoms with Crippen molar-refractivity contribution in [3.8, 4) is 28.3 Å². The maximum atomic E-state index is 15.7. The zero-order valence-corrected chi connectivity index (χ0v) is 42.3. The summed E-state index contributed by atoms with van der Waals surface area (Å²) in [5.41, 5.74) is 24.1. The maximum absolute atomic E-state index is 15.7. The van der Waals surface area contributed by atoms with Crippen molar-refractivity contribution in [3.63, 3.8) is 0 Å². The van der Waals surface area contributed by atoms with E-state index in [0.29, 0.717) is 0 Å². The summed E-state index contributed by atoms with van der Waals surface area (Å²) < 4.78 is 2.54. The van der Waals surface area contributed by atoms with Gasteiger partial charge in [-0.15, -0.1) is 0 Å². The summed E-state index contributed by atoms with van der Waals surface area (Å²) in [5, 5.41) is 16.4. The molecule has 0 amide bonds. The van der Waals surface area contributed by atoms with Gasteiger partial charge in [-0.3, -0.25) is 4.79 Å². The van der Waals surface area contributed by atoms with Crippen LogP contribution in [0.15, 0.2) is 103 Å². The number of nitrogens with zero attached hydrogens (tertiary/aromatic N) is 2. The molecule has 9 aromatic rings. The summed E-state index contributed by atoms with van der Waals surface area (Å²) in [6.07, 6.45) is 0. The highest BCUT2D eigenvalue weighted by atomic mass is 16.1. The molecule has 3 unspecified atom stereocenters. The third-order valence-electron chi connectivity index (χ3n) is 20.9. The number of fused-ring (bicyclic) bond motifs is 18. The van der Waals surface area contributed by atoms with E-state index in [4.69, 9.17) is 0 Å². The number of benzene rings is 7. The first-order valence-corrected chi connectivity index (χ1v) is 25.4. The number of Topliss-reactive ketones (excluding diaryl/α,β-unsaturated/α-hetero) is 1.